The number of hydrogen-bond acceptors (Lipinski definition) is 3. The van der Waals surface area contributed by atoms with Gasteiger partial charge in [0, 0.05) is 31.4 Å². The average molecular weight is 308 g/mol. The third-order valence-corrected chi connectivity index (χ3v) is 3.39. The molecule has 7 heteroatoms. The lowest BCUT2D eigenvalue weighted by molar-refractivity contribution is -0.120. The highest BCUT2D eigenvalue weighted by molar-refractivity contribution is 5.86. The largest absolute Gasteiger partial charge is 0.357 e. The Morgan fingerprint density at radius 1 is 1.23 bits per heavy atom. The van der Waals surface area contributed by atoms with Gasteiger partial charge in [-0.2, -0.15) is 5.10 Å². The van der Waals surface area contributed by atoms with Crippen LogP contribution in [-0.4, -0.2) is 41.3 Å². The van der Waals surface area contributed by atoms with Gasteiger partial charge in [-0.3, -0.25) is 9.48 Å². The van der Waals surface area contributed by atoms with Crippen LogP contribution in [0.25, 0.3) is 0 Å². The summed E-state index contributed by atoms with van der Waals surface area (Å²) in [7, 11) is 1.93. The molecule has 0 saturated carbocycles. The van der Waals surface area contributed by atoms with E-state index in [9.17, 15) is 4.79 Å². The van der Waals surface area contributed by atoms with Gasteiger partial charge in [-0.1, -0.05) is 6.92 Å². The summed E-state index contributed by atoms with van der Waals surface area (Å²) in [4.78, 5) is 16.2. The lowest BCUT2D eigenvalue weighted by Gasteiger charge is -2.11. The minimum Gasteiger partial charge on any atom is -0.357 e. The lowest BCUT2D eigenvalue weighted by atomic mass is 10.2. The van der Waals surface area contributed by atoms with Crippen LogP contribution in [0.2, 0.25) is 0 Å². The summed E-state index contributed by atoms with van der Waals surface area (Å²) in [5, 5.41) is 13.4. The summed E-state index contributed by atoms with van der Waals surface area (Å²) in [6.07, 6.45) is 0.930. The van der Waals surface area contributed by atoms with E-state index in [-0.39, 0.29) is 12.5 Å². The van der Waals surface area contributed by atoms with Crippen molar-refractivity contribution in [1.29, 1.82) is 0 Å². The second-order valence-corrected chi connectivity index (χ2v) is 5.17. The first-order valence-corrected chi connectivity index (χ1v) is 7.77. The number of hydrogen-bond donors (Lipinski definition) is 3. The Kier molecular flexibility index (Phi) is 7.42. The molecule has 0 saturated heterocycles. The molecule has 3 N–H and O–H groups in total. The molecule has 1 amide bonds. The molecule has 124 valence electrons. The zero-order valence-electron chi connectivity index (χ0n) is 14.3. The number of aliphatic imine (C=N–C) groups is 1. The molecular weight excluding hydrogens is 280 g/mol. The Bertz CT molecular complexity index is 520. The summed E-state index contributed by atoms with van der Waals surface area (Å²) >= 11 is 0. The molecule has 1 rings (SSSR count). The third-order valence-electron chi connectivity index (χ3n) is 3.39. The van der Waals surface area contributed by atoms with Crippen LogP contribution >= 0.6 is 0 Å². The van der Waals surface area contributed by atoms with E-state index in [0.29, 0.717) is 19.0 Å². The van der Waals surface area contributed by atoms with Crippen molar-refractivity contribution >= 4 is 11.9 Å². The molecule has 0 aromatic carbocycles. The Balaban J connectivity index is 2.63. The zero-order chi connectivity index (χ0) is 16.5. The highest BCUT2D eigenvalue weighted by Crippen LogP contribution is 2.12. The quantitative estimate of drug-likeness (QED) is 0.509. The van der Waals surface area contributed by atoms with Crippen LogP contribution in [0.1, 0.15) is 37.2 Å². The number of aryl methyl sites for hydroxylation is 2. The Labute approximate surface area is 132 Å². The standard InChI is InChI=1S/C15H28N6O/c1-6-8-17-14(22)10-19-15(16-7-2)18-9-13-11(3)20-21(5)12(13)4/h6-10H2,1-5H3,(H,17,22)(H2,16,18,19). The molecular formula is C15H28N6O. The molecule has 0 unspecified atom stereocenters. The van der Waals surface area contributed by atoms with E-state index in [1.807, 2.05) is 39.4 Å². The number of aromatic nitrogens is 2. The molecule has 0 spiro atoms. The van der Waals surface area contributed by atoms with Crippen LogP contribution in [0.3, 0.4) is 0 Å². The van der Waals surface area contributed by atoms with Crippen LogP contribution in [-0.2, 0) is 18.4 Å². The minimum absolute atomic E-state index is 0.0267. The number of carbonyl (C=O) groups is 1. The maximum absolute atomic E-state index is 11.6. The van der Waals surface area contributed by atoms with Gasteiger partial charge in [-0.05, 0) is 27.2 Å². The van der Waals surface area contributed by atoms with Gasteiger partial charge in [0.2, 0.25) is 5.91 Å². The topological polar surface area (TPSA) is 83.3 Å². The monoisotopic (exact) mass is 308 g/mol. The smallest absolute Gasteiger partial charge is 0.239 e. The van der Waals surface area contributed by atoms with Crippen molar-refractivity contribution < 1.29 is 4.79 Å². The fourth-order valence-electron chi connectivity index (χ4n) is 2.04. The number of nitrogens with one attached hydrogen (secondary N) is 3. The third kappa shape index (κ3) is 5.38. The van der Waals surface area contributed by atoms with Crippen LogP contribution in [0, 0.1) is 13.8 Å². The van der Waals surface area contributed by atoms with Gasteiger partial charge in [0.15, 0.2) is 5.96 Å². The van der Waals surface area contributed by atoms with E-state index >= 15 is 0 Å². The molecule has 0 radical (unpaired) electrons. The highest BCUT2D eigenvalue weighted by atomic mass is 16.1. The first-order chi connectivity index (χ1) is 10.5. The molecule has 1 aromatic rings. The number of amides is 1. The van der Waals surface area contributed by atoms with Crippen LogP contribution < -0.4 is 16.0 Å². The van der Waals surface area contributed by atoms with Crippen molar-refractivity contribution in [2.24, 2.45) is 12.0 Å². The average Bonchev–Trinajstić information content (AvgIpc) is 2.73. The second-order valence-electron chi connectivity index (χ2n) is 5.17. The lowest BCUT2D eigenvalue weighted by Crippen LogP contribution is -2.43. The number of nitrogens with zero attached hydrogens (tertiary/aromatic N) is 3. The van der Waals surface area contributed by atoms with Gasteiger partial charge in [-0.25, -0.2) is 4.99 Å². The molecule has 1 aromatic heterocycles. The fourth-order valence-corrected chi connectivity index (χ4v) is 2.04. The van der Waals surface area contributed by atoms with E-state index in [4.69, 9.17) is 0 Å². The van der Waals surface area contributed by atoms with Gasteiger partial charge in [0.1, 0.15) is 0 Å². The molecule has 0 aliphatic carbocycles. The van der Waals surface area contributed by atoms with E-state index < -0.39 is 0 Å². The van der Waals surface area contributed by atoms with Crippen LogP contribution in [0.4, 0.5) is 0 Å². The van der Waals surface area contributed by atoms with E-state index in [0.717, 1.165) is 29.9 Å². The Morgan fingerprint density at radius 2 is 1.95 bits per heavy atom. The molecule has 0 atom stereocenters. The predicted molar refractivity (Wildman–Crippen MR) is 88.8 cm³/mol. The number of rotatable bonds is 7. The summed E-state index contributed by atoms with van der Waals surface area (Å²) in [5.74, 6) is 0.609. The highest BCUT2D eigenvalue weighted by Gasteiger charge is 2.09. The van der Waals surface area contributed by atoms with Gasteiger partial charge in [-0.15, -0.1) is 0 Å². The number of guanidine groups is 1. The molecule has 0 fully saturated rings. The fraction of sp³-hybridized carbons (Fsp3) is 0.667. The van der Waals surface area contributed by atoms with Crippen LogP contribution in [0.5, 0.6) is 0 Å². The van der Waals surface area contributed by atoms with Gasteiger partial charge >= 0.3 is 0 Å². The van der Waals surface area contributed by atoms with E-state index in [1.165, 1.54) is 0 Å². The SMILES string of the molecule is CCCNC(=O)CNC(=NCc1c(C)nn(C)c1C)NCC. The number of carbonyl (C=O) groups excluding carboxylic acids is 1. The molecule has 0 aliphatic rings. The molecule has 7 nitrogen and oxygen atoms in total. The summed E-state index contributed by atoms with van der Waals surface area (Å²) in [6.45, 7) is 10.2. The second kappa shape index (κ2) is 9.07. The van der Waals surface area contributed by atoms with Crippen LogP contribution in [0.15, 0.2) is 4.99 Å². The van der Waals surface area contributed by atoms with Gasteiger partial charge in [0.25, 0.3) is 0 Å². The molecule has 0 bridgehead atoms. The van der Waals surface area contributed by atoms with Gasteiger partial charge in [0.05, 0.1) is 18.8 Å². The summed E-state index contributed by atoms with van der Waals surface area (Å²) < 4.78 is 1.86. The first-order valence-electron chi connectivity index (χ1n) is 7.77. The minimum atomic E-state index is -0.0267. The van der Waals surface area contributed by atoms with Crippen molar-refractivity contribution in [2.75, 3.05) is 19.6 Å². The Morgan fingerprint density at radius 3 is 2.50 bits per heavy atom. The maximum Gasteiger partial charge on any atom is 0.239 e. The van der Waals surface area contributed by atoms with Crippen molar-refractivity contribution in [2.45, 2.75) is 40.7 Å². The van der Waals surface area contributed by atoms with Gasteiger partial charge < -0.3 is 16.0 Å². The zero-order valence-corrected chi connectivity index (χ0v) is 14.3. The van der Waals surface area contributed by atoms with Crippen molar-refractivity contribution in [3.05, 3.63) is 17.0 Å². The summed E-state index contributed by atoms with van der Waals surface area (Å²) in [5.41, 5.74) is 3.22. The molecule has 22 heavy (non-hydrogen) atoms. The predicted octanol–water partition coefficient (Wildman–Crippen LogP) is 0.618. The van der Waals surface area contributed by atoms with E-state index in [1.54, 1.807) is 0 Å². The summed E-state index contributed by atoms with van der Waals surface area (Å²) in [6, 6.07) is 0. The maximum atomic E-state index is 11.6. The Hall–Kier alpha value is -2.05. The van der Waals surface area contributed by atoms with Crippen molar-refractivity contribution in [3.63, 3.8) is 0 Å². The normalized spacial score (nSPS) is 11.4. The van der Waals surface area contributed by atoms with E-state index in [2.05, 4.69) is 26.0 Å². The van der Waals surface area contributed by atoms with Crippen molar-refractivity contribution in [3.8, 4) is 0 Å². The molecule has 0 aliphatic heterocycles. The van der Waals surface area contributed by atoms with Crippen molar-refractivity contribution in [1.82, 2.24) is 25.7 Å². The molecule has 1 heterocycles. The first kappa shape index (κ1) is 18.0.